The topological polar surface area (TPSA) is 84.9 Å². The van der Waals surface area contributed by atoms with Gasteiger partial charge in [0, 0.05) is 5.56 Å². The molecule has 20 heavy (non-hydrogen) atoms. The summed E-state index contributed by atoms with van der Waals surface area (Å²) in [4.78, 5) is 22.1. The third kappa shape index (κ3) is 3.27. The van der Waals surface area contributed by atoms with Gasteiger partial charge in [0.15, 0.2) is 0 Å². The van der Waals surface area contributed by atoms with Gasteiger partial charge in [-0.1, -0.05) is 18.2 Å². The van der Waals surface area contributed by atoms with Crippen molar-refractivity contribution in [2.75, 3.05) is 20.3 Å². The molecule has 1 aliphatic rings. The number of carbonyl (C=O) groups excluding carboxylic acids is 1. The minimum atomic E-state index is -1.09. The molecular weight excluding hydrogens is 262 g/mol. The molecule has 0 aromatic heterocycles. The van der Waals surface area contributed by atoms with Gasteiger partial charge in [-0.2, -0.15) is 0 Å². The molecule has 1 aliphatic carbocycles. The molecule has 1 aromatic carbocycles. The second-order valence-electron chi connectivity index (χ2n) is 4.72. The van der Waals surface area contributed by atoms with E-state index in [1.54, 1.807) is 7.11 Å². The van der Waals surface area contributed by atoms with Gasteiger partial charge in [-0.15, -0.1) is 0 Å². The zero-order chi connectivity index (χ0) is 14.6. The van der Waals surface area contributed by atoms with Crippen LogP contribution in [-0.2, 0) is 19.9 Å². The number of rotatable bonds is 7. The molecule has 2 rings (SSSR count). The number of benzene rings is 1. The average Bonchev–Trinajstić information content (AvgIpc) is 3.19. The monoisotopic (exact) mass is 279 g/mol. The minimum Gasteiger partial charge on any atom is -0.496 e. The molecule has 6 heteroatoms. The van der Waals surface area contributed by atoms with Crippen LogP contribution in [0.15, 0.2) is 24.3 Å². The van der Waals surface area contributed by atoms with Crippen LogP contribution >= 0.6 is 0 Å². The van der Waals surface area contributed by atoms with Gasteiger partial charge in [0.05, 0.1) is 12.6 Å². The SMILES string of the molecule is COc1ccccc1C1(NC(=O)COCC(=O)O)CC1. The van der Waals surface area contributed by atoms with Crippen LogP contribution in [0.5, 0.6) is 5.75 Å². The second-order valence-corrected chi connectivity index (χ2v) is 4.72. The van der Waals surface area contributed by atoms with Crippen LogP contribution in [0.3, 0.4) is 0 Å². The minimum absolute atomic E-state index is 0.261. The maximum Gasteiger partial charge on any atom is 0.329 e. The fraction of sp³-hybridized carbons (Fsp3) is 0.429. The van der Waals surface area contributed by atoms with Crippen LogP contribution in [0.1, 0.15) is 18.4 Å². The second kappa shape index (κ2) is 5.92. The van der Waals surface area contributed by atoms with Crippen LogP contribution in [0.25, 0.3) is 0 Å². The highest BCUT2D eigenvalue weighted by Crippen LogP contribution is 2.48. The van der Waals surface area contributed by atoms with Crippen molar-refractivity contribution < 1.29 is 24.2 Å². The Hall–Kier alpha value is -2.08. The first-order chi connectivity index (χ1) is 9.57. The number of carboxylic acids is 1. The summed E-state index contributed by atoms with van der Waals surface area (Å²) >= 11 is 0. The van der Waals surface area contributed by atoms with Gasteiger partial charge in [0.25, 0.3) is 0 Å². The fourth-order valence-corrected chi connectivity index (χ4v) is 2.16. The van der Waals surface area contributed by atoms with E-state index >= 15 is 0 Å². The highest BCUT2D eigenvalue weighted by atomic mass is 16.5. The standard InChI is InChI=1S/C14H17NO5/c1-19-11-5-3-2-4-10(11)14(6-7-14)15-12(16)8-20-9-13(17)18/h2-5H,6-9H2,1H3,(H,15,16)(H,17,18). The van der Waals surface area contributed by atoms with Crippen molar-refractivity contribution >= 4 is 11.9 Å². The molecule has 0 unspecified atom stereocenters. The number of nitrogens with one attached hydrogen (secondary N) is 1. The summed E-state index contributed by atoms with van der Waals surface area (Å²) < 4.78 is 10.1. The Morgan fingerprint density at radius 2 is 2.00 bits per heavy atom. The maximum atomic E-state index is 11.8. The van der Waals surface area contributed by atoms with Gasteiger partial charge in [0.2, 0.25) is 5.91 Å². The molecule has 0 bridgehead atoms. The number of amides is 1. The Morgan fingerprint density at radius 3 is 2.60 bits per heavy atom. The van der Waals surface area contributed by atoms with Crippen molar-refractivity contribution in [1.29, 1.82) is 0 Å². The van der Waals surface area contributed by atoms with E-state index in [2.05, 4.69) is 5.32 Å². The molecule has 1 amide bonds. The fourth-order valence-electron chi connectivity index (χ4n) is 2.16. The van der Waals surface area contributed by atoms with Crippen molar-refractivity contribution in [2.24, 2.45) is 0 Å². The molecule has 0 heterocycles. The van der Waals surface area contributed by atoms with Crippen molar-refractivity contribution in [3.05, 3.63) is 29.8 Å². The van der Waals surface area contributed by atoms with E-state index in [0.717, 1.165) is 24.2 Å². The van der Waals surface area contributed by atoms with E-state index in [4.69, 9.17) is 14.6 Å². The third-order valence-electron chi connectivity index (χ3n) is 3.21. The van der Waals surface area contributed by atoms with Crippen molar-refractivity contribution in [2.45, 2.75) is 18.4 Å². The molecule has 1 fully saturated rings. The molecule has 6 nitrogen and oxygen atoms in total. The first-order valence-electron chi connectivity index (χ1n) is 6.31. The summed E-state index contributed by atoms with van der Waals surface area (Å²) in [5.74, 6) is -0.685. The van der Waals surface area contributed by atoms with E-state index in [1.807, 2.05) is 24.3 Å². The lowest BCUT2D eigenvalue weighted by Crippen LogP contribution is -2.37. The average molecular weight is 279 g/mol. The van der Waals surface area contributed by atoms with Gasteiger partial charge in [0.1, 0.15) is 19.0 Å². The van der Waals surface area contributed by atoms with E-state index < -0.39 is 18.1 Å². The Bertz CT molecular complexity index is 510. The van der Waals surface area contributed by atoms with E-state index in [1.165, 1.54) is 0 Å². The van der Waals surface area contributed by atoms with Gasteiger partial charge >= 0.3 is 5.97 Å². The van der Waals surface area contributed by atoms with Crippen molar-refractivity contribution in [3.63, 3.8) is 0 Å². The number of hydrogen-bond acceptors (Lipinski definition) is 4. The van der Waals surface area contributed by atoms with Crippen LogP contribution in [0, 0.1) is 0 Å². The third-order valence-corrected chi connectivity index (χ3v) is 3.21. The number of ether oxygens (including phenoxy) is 2. The van der Waals surface area contributed by atoms with E-state index in [-0.39, 0.29) is 12.5 Å². The quantitative estimate of drug-likeness (QED) is 0.774. The summed E-state index contributed by atoms with van der Waals surface area (Å²) in [7, 11) is 1.59. The van der Waals surface area contributed by atoms with Gasteiger partial charge < -0.3 is 19.9 Å². The largest absolute Gasteiger partial charge is 0.496 e. The van der Waals surface area contributed by atoms with Gasteiger partial charge in [-0.25, -0.2) is 4.79 Å². The van der Waals surface area contributed by atoms with Crippen LogP contribution < -0.4 is 10.1 Å². The molecular formula is C14H17NO5. The summed E-state index contributed by atoms with van der Waals surface area (Å²) in [6, 6.07) is 7.54. The van der Waals surface area contributed by atoms with Crippen molar-refractivity contribution in [3.8, 4) is 5.75 Å². The predicted octanol–water partition coefficient (Wildman–Crippen LogP) is 0.902. The van der Waals surface area contributed by atoms with E-state index in [0.29, 0.717) is 0 Å². The lowest BCUT2D eigenvalue weighted by molar-refractivity contribution is -0.143. The first kappa shape index (κ1) is 14.3. The van der Waals surface area contributed by atoms with Crippen LogP contribution in [0.4, 0.5) is 0 Å². The molecule has 0 atom stereocenters. The molecule has 0 saturated heterocycles. The van der Waals surface area contributed by atoms with Gasteiger partial charge in [-0.05, 0) is 18.9 Å². The predicted molar refractivity (Wildman–Crippen MR) is 70.5 cm³/mol. The molecule has 0 aliphatic heterocycles. The smallest absolute Gasteiger partial charge is 0.329 e. The zero-order valence-corrected chi connectivity index (χ0v) is 11.2. The first-order valence-corrected chi connectivity index (χ1v) is 6.31. The summed E-state index contributed by atoms with van der Waals surface area (Å²) in [6.45, 7) is -0.738. The Balaban J connectivity index is 1.98. The highest BCUT2D eigenvalue weighted by Gasteiger charge is 2.47. The Labute approximate surface area is 116 Å². The summed E-state index contributed by atoms with van der Waals surface area (Å²) in [5, 5.41) is 11.3. The van der Waals surface area contributed by atoms with E-state index in [9.17, 15) is 9.59 Å². The molecule has 0 radical (unpaired) electrons. The number of hydrogen-bond donors (Lipinski definition) is 2. The van der Waals surface area contributed by atoms with Crippen LogP contribution in [0.2, 0.25) is 0 Å². The Morgan fingerprint density at radius 1 is 1.30 bits per heavy atom. The van der Waals surface area contributed by atoms with Crippen LogP contribution in [-0.4, -0.2) is 37.3 Å². The number of carbonyl (C=O) groups is 2. The molecule has 1 saturated carbocycles. The lowest BCUT2D eigenvalue weighted by atomic mass is 10.0. The Kier molecular flexibility index (Phi) is 4.24. The van der Waals surface area contributed by atoms with Gasteiger partial charge in [-0.3, -0.25) is 4.79 Å². The number of aliphatic carboxylic acids is 1. The number of carboxylic acid groups (broad SMARTS) is 1. The highest BCUT2D eigenvalue weighted by molar-refractivity contribution is 5.79. The lowest BCUT2D eigenvalue weighted by Gasteiger charge is -2.20. The maximum absolute atomic E-state index is 11.8. The summed E-state index contributed by atoms with van der Waals surface area (Å²) in [5.41, 5.74) is 0.532. The molecule has 0 spiro atoms. The number of methoxy groups -OCH3 is 1. The summed E-state index contributed by atoms with van der Waals surface area (Å²) in [6.07, 6.45) is 1.66. The molecule has 108 valence electrons. The molecule has 1 aromatic rings. The van der Waals surface area contributed by atoms with Crippen molar-refractivity contribution in [1.82, 2.24) is 5.32 Å². The molecule has 2 N–H and O–H groups in total. The zero-order valence-electron chi connectivity index (χ0n) is 11.2. The number of para-hydroxylation sites is 1. The normalized spacial score (nSPS) is 15.4.